The van der Waals surface area contributed by atoms with Gasteiger partial charge in [-0.25, -0.2) is 4.98 Å². The molecule has 2 N–H and O–H groups in total. The highest BCUT2D eigenvalue weighted by Gasteiger charge is 2.15. The summed E-state index contributed by atoms with van der Waals surface area (Å²) in [6, 6.07) is 7.68. The summed E-state index contributed by atoms with van der Waals surface area (Å²) in [7, 11) is 1.58. The van der Waals surface area contributed by atoms with E-state index in [9.17, 15) is 9.59 Å². The molecule has 8 heteroatoms. The zero-order valence-corrected chi connectivity index (χ0v) is 15.0. The van der Waals surface area contributed by atoms with Gasteiger partial charge in [-0.1, -0.05) is 30.0 Å². The quantitative estimate of drug-likeness (QED) is 0.381. The van der Waals surface area contributed by atoms with E-state index in [2.05, 4.69) is 15.3 Å². The number of carbonyl (C=O) groups excluding carboxylic acids is 1. The molecule has 0 atom stereocenters. The number of para-hydroxylation sites is 1. The van der Waals surface area contributed by atoms with Gasteiger partial charge >= 0.3 is 0 Å². The highest BCUT2D eigenvalue weighted by atomic mass is 32.2. The molecule has 0 aliphatic heterocycles. The maximum Gasteiger partial charge on any atom is 0.278 e. The molecule has 2 aromatic heterocycles. The molecule has 0 aliphatic rings. The lowest BCUT2D eigenvalue weighted by molar-refractivity contribution is -0.118. The number of fused-ring (bicyclic) bond motifs is 3. The van der Waals surface area contributed by atoms with Crippen molar-refractivity contribution in [1.82, 2.24) is 19.9 Å². The fourth-order valence-corrected chi connectivity index (χ4v) is 3.52. The number of rotatable bonds is 7. The summed E-state index contributed by atoms with van der Waals surface area (Å²) >= 11 is 1.26. The first-order chi connectivity index (χ1) is 12.2. The van der Waals surface area contributed by atoms with Crippen LogP contribution in [-0.2, 0) is 16.1 Å². The summed E-state index contributed by atoms with van der Waals surface area (Å²) in [5.41, 5.74) is 1.90. The van der Waals surface area contributed by atoms with Crippen LogP contribution < -0.4 is 10.9 Å². The van der Waals surface area contributed by atoms with E-state index in [-0.39, 0.29) is 17.2 Å². The number of amides is 1. The number of thioether (sulfide) groups is 1. The van der Waals surface area contributed by atoms with Gasteiger partial charge < -0.3 is 15.0 Å². The highest BCUT2D eigenvalue weighted by molar-refractivity contribution is 7.99. The van der Waals surface area contributed by atoms with Gasteiger partial charge in [0.05, 0.1) is 12.4 Å². The van der Waals surface area contributed by atoms with Crippen molar-refractivity contribution < 1.29 is 9.53 Å². The molecule has 3 aromatic rings. The fourth-order valence-electron chi connectivity index (χ4n) is 2.64. The lowest BCUT2D eigenvalue weighted by atomic mass is 10.2. The summed E-state index contributed by atoms with van der Waals surface area (Å²) < 4.78 is 6.49. The maximum atomic E-state index is 12.8. The predicted molar refractivity (Wildman–Crippen MR) is 99.1 cm³/mol. The summed E-state index contributed by atoms with van der Waals surface area (Å²) in [5, 5.41) is 4.22. The second-order valence-electron chi connectivity index (χ2n) is 5.47. The van der Waals surface area contributed by atoms with Crippen LogP contribution in [0.1, 0.15) is 6.92 Å². The summed E-state index contributed by atoms with van der Waals surface area (Å²) in [6.07, 6.45) is 0. The van der Waals surface area contributed by atoms with Gasteiger partial charge in [0.25, 0.3) is 5.56 Å². The van der Waals surface area contributed by atoms with Crippen LogP contribution in [-0.4, -0.2) is 46.5 Å². The minimum atomic E-state index is -0.119. The van der Waals surface area contributed by atoms with Crippen molar-refractivity contribution in [3.63, 3.8) is 0 Å². The molecule has 1 aromatic carbocycles. The molecule has 3 rings (SSSR count). The molecule has 0 radical (unpaired) electrons. The third kappa shape index (κ3) is 3.54. The van der Waals surface area contributed by atoms with Crippen LogP contribution in [0.2, 0.25) is 0 Å². The molecular formula is C17H20N4O3S. The van der Waals surface area contributed by atoms with Gasteiger partial charge in [0.1, 0.15) is 11.0 Å². The fraction of sp³-hybridized carbons (Fsp3) is 0.353. The van der Waals surface area contributed by atoms with Crippen molar-refractivity contribution in [2.75, 3.05) is 26.0 Å². The predicted octanol–water partition coefficient (Wildman–Crippen LogP) is 1.75. The van der Waals surface area contributed by atoms with Crippen LogP contribution in [0, 0.1) is 0 Å². The highest BCUT2D eigenvalue weighted by Crippen LogP contribution is 2.24. The number of ether oxygens (including phenoxy) is 1. The van der Waals surface area contributed by atoms with E-state index in [0.717, 1.165) is 10.9 Å². The normalized spacial score (nSPS) is 11.3. The van der Waals surface area contributed by atoms with Crippen LogP contribution in [0.5, 0.6) is 0 Å². The van der Waals surface area contributed by atoms with Gasteiger partial charge in [-0.05, 0) is 13.0 Å². The number of nitrogens with zero attached hydrogens (tertiary/aromatic N) is 2. The standard InChI is InChI=1S/C17H20N4O3S/c1-3-21-16(23)15-14(11-6-4-5-7-12(11)19-15)20-17(21)25-10-13(22)18-8-9-24-2/h4-7,19H,3,8-10H2,1-2H3,(H,18,22). The monoisotopic (exact) mass is 360 g/mol. The Morgan fingerprint density at radius 2 is 2.20 bits per heavy atom. The lowest BCUT2D eigenvalue weighted by Gasteiger charge is -2.10. The molecule has 25 heavy (non-hydrogen) atoms. The molecule has 132 valence electrons. The summed E-state index contributed by atoms with van der Waals surface area (Å²) in [5.74, 6) is 0.0854. The number of carbonyl (C=O) groups is 1. The molecule has 0 fully saturated rings. The average Bonchev–Trinajstić information content (AvgIpc) is 2.99. The smallest absolute Gasteiger partial charge is 0.278 e. The van der Waals surface area contributed by atoms with Crippen molar-refractivity contribution in [3.05, 3.63) is 34.6 Å². The van der Waals surface area contributed by atoms with Gasteiger partial charge in [-0.3, -0.25) is 14.2 Å². The Balaban J connectivity index is 1.93. The lowest BCUT2D eigenvalue weighted by Crippen LogP contribution is -2.29. The Bertz CT molecular complexity index is 964. The average molecular weight is 360 g/mol. The van der Waals surface area contributed by atoms with E-state index in [4.69, 9.17) is 4.74 Å². The molecule has 0 saturated heterocycles. The van der Waals surface area contributed by atoms with Gasteiger partial charge in [-0.2, -0.15) is 0 Å². The van der Waals surface area contributed by atoms with E-state index in [0.29, 0.717) is 35.9 Å². The molecule has 0 aliphatic carbocycles. The Morgan fingerprint density at radius 3 is 2.96 bits per heavy atom. The largest absolute Gasteiger partial charge is 0.383 e. The number of H-pyrrole nitrogens is 1. The molecule has 7 nitrogen and oxygen atoms in total. The second kappa shape index (κ2) is 7.71. The number of aromatic amines is 1. The number of methoxy groups -OCH3 is 1. The Morgan fingerprint density at radius 1 is 1.40 bits per heavy atom. The topological polar surface area (TPSA) is 89.0 Å². The van der Waals surface area contributed by atoms with Crippen LogP contribution in [0.4, 0.5) is 0 Å². The molecule has 1 amide bonds. The number of nitrogens with one attached hydrogen (secondary N) is 2. The zero-order chi connectivity index (χ0) is 17.8. The van der Waals surface area contributed by atoms with Gasteiger partial charge in [0.15, 0.2) is 5.16 Å². The molecule has 0 bridgehead atoms. The van der Waals surface area contributed by atoms with Gasteiger partial charge in [0.2, 0.25) is 5.91 Å². The molecule has 0 unspecified atom stereocenters. The number of hydrogen-bond acceptors (Lipinski definition) is 5. The van der Waals surface area contributed by atoms with E-state index in [1.54, 1.807) is 11.7 Å². The van der Waals surface area contributed by atoms with Crippen LogP contribution in [0.3, 0.4) is 0 Å². The van der Waals surface area contributed by atoms with Crippen LogP contribution in [0.25, 0.3) is 21.9 Å². The number of aromatic nitrogens is 3. The van der Waals surface area contributed by atoms with Gasteiger partial charge in [0, 0.05) is 31.1 Å². The van der Waals surface area contributed by atoms with Crippen molar-refractivity contribution in [1.29, 1.82) is 0 Å². The van der Waals surface area contributed by atoms with E-state index in [1.807, 2.05) is 31.2 Å². The molecule has 0 spiro atoms. The molecular weight excluding hydrogens is 340 g/mol. The molecule has 0 saturated carbocycles. The van der Waals surface area contributed by atoms with E-state index >= 15 is 0 Å². The first-order valence-corrected chi connectivity index (χ1v) is 9.04. The maximum absolute atomic E-state index is 12.8. The Kier molecular flexibility index (Phi) is 5.40. The Hall–Kier alpha value is -2.32. The Labute approximate surface area is 148 Å². The SMILES string of the molecule is CCn1c(SCC(=O)NCCOC)nc2c([nH]c3ccccc32)c1=O. The van der Waals surface area contributed by atoms with Crippen molar-refractivity contribution in [2.24, 2.45) is 0 Å². The molecule has 2 heterocycles. The van der Waals surface area contributed by atoms with Crippen LogP contribution in [0.15, 0.2) is 34.2 Å². The zero-order valence-electron chi connectivity index (χ0n) is 14.2. The van der Waals surface area contributed by atoms with Crippen LogP contribution >= 0.6 is 11.8 Å². The first kappa shape index (κ1) is 17.5. The van der Waals surface area contributed by atoms with Gasteiger partial charge in [-0.15, -0.1) is 0 Å². The van der Waals surface area contributed by atoms with E-state index < -0.39 is 0 Å². The van der Waals surface area contributed by atoms with Crippen molar-refractivity contribution in [2.45, 2.75) is 18.6 Å². The van der Waals surface area contributed by atoms with Crippen molar-refractivity contribution in [3.8, 4) is 0 Å². The van der Waals surface area contributed by atoms with E-state index in [1.165, 1.54) is 11.8 Å². The second-order valence-corrected chi connectivity index (χ2v) is 6.41. The third-order valence-electron chi connectivity index (χ3n) is 3.85. The number of hydrogen-bond donors (Lipinski definition) is 2. The first-order valence-electron chi connectivity index (χ1n) is 8.05. The summed E-state index contributed by atoms with van der Waals surface area (Å²) in [6.45, 7) is 3.31. The van der Waals surface area contributed by atoms with Crippen molar-refractivity contribution >= 4 is 39.6 Å². The number of benzene rings is 1. The minimum absolute atomic E-state index is 0.113. The summed E-state index contributed by atoms with van der Waals surface area (Å²) in [4.78, 5) is 32.5. The minimum Gasteiger partial charge on any atom is -0.383 e. The third-order valence-corrected chi connectivity index (χ3v) is 4.83.